The standard InChI is InChI=1S/C22H29N3O3/c1-28-21(26)25-13-5-11-22(27,18-6-4-12-24-16-18)20-8-3-2-7-19(20)17-9-14-23-15-10-17/h2-3,7-10,14-15,18,24,27H,4-6,11-13,16H2,1H3,(H,25,26). The molecule has 3 rings (SSSR count). The quantitative estimate of drug-likeness (QED) is 0.640. The van der Waals surface area contributed by atoms with Gasteiger partial charge in [0.15, 0.2) is 0 Å². The lowest BCUT2D eigenvalue weighted by atomic mass is 9.72. The Balaban J connectivity index is 1.90. The van der Waals surface area contributed by atoms with Crippen LogP contribution in [0.15, 0.2) is 48.8 Å². The number of pyridine rings is 1. The summed E-state index contributed by atoms with van der Waals surface area (Å²) in [5, 5.41) is 18.1. The molecule has 150 valence electrons. The Hall–Kier alpha value is -2.44. The summed E-state index contributed by atoms with van der Waals surface area (Å²) in [6.45, 7) is 2.24. The van der Waals surface area contributed by atoms with Crippen molar-refractivity contribution in [1.82, 2.24) is 15.6 Å². The number of piperidine rings is 1. The van der Waals surface area contributed by atoms with E-state index in [2.05, 4.69) is 26.4 Å². The van der Waals surface area contributed by atoms with Crippen LogP contribution in [0.5, 0.6) is 0 Å². The summed E-state index contributed by atoms with van der Waals surface area (Å²) in [5.74, 6) is 0.113. The fourth-order valence-corrected chi connectivity index (χ4v) is 4.08. The molecular weight excluding hydrogens is 354 g/mol. The minimum atomic E-state index is -0.981. The van der Waals surface area contributed by atoms with Crippen molar-refractivity contribution in [1.29, 1.82) is 0 Å². The van der Waals surface area contributed by atoms with E-state index in [9.17, 15) is 9.90 Å². The molecule has 6 heteroatoms. The Morgan fingerprint density at radius 2 is 2.11 bits per heavy atom. The van der Waals surface area contributed by atoms with E-state index in [-0.39, 0.29) is 5.92 Å². The van der Waals surface area contributed by atoms with E-state index in [1.807, 2.05) is 30.3 Å². The third kappa shape index (κ3) is 4.69. The molecule has 1 saturated heterocycles. The first-order valence-corrected chi connectivity index (χ1v) is 9.90. The molecule has 0 saturated carbocycles. The SMILES string of the molecule is COC(=O)NCCCC(O)(c1ccccc1-c1ccncc1)C1CCCNC1. The summed E-state index contributed by atoms with van der Waals surface area (Å²) in [4.78, 5) is 15.4. The highest BCUT2D eigenvalue weighted by Gasteiger charge is 2.40. The van der Waals surface area contributed by atoms with Gasteiger partial charge in [-0.3, -0.25) is 4.98 Å². The van der Waals surface area contributed by atoms with Gasteiger partial charge in [0.05, 0.1) is 12.7 Å². The van der Waals surface area contributed by atoms with E-state index in [0.29, 0.717) is 19.4 Å². The van der Waals surface area contributed by atoms with E-state index in [1.54, 1.807) is 12.4 Å². The maximum atomic E-state index is 12.0. The van der Waals surface area contributed by atoms with Crippen LogP contribution >= 0.6 is 0 Å². The van der Waals surface area contributed by atoms with Gasteiger partial charge in [-0.15, -0.1) is 0 Å². The van der Waals surface area contributed by atoms with Crippen molar-refractivity contribution < 1.29 is 14.6 Å². The molecule has 2 heterocycles. The molecule has 1 aliphatic heterocycles. The zero-order chi connectivity index (χ0) is 19.8. The topological polar surface area (TPSA) is 83.5 Å². The second-order valence-electron chi connectivity index (χ2n) is 7.27. The molecule has 1 aromatic carbocycles. The van der Waals surface area contributed by atoms with Gasteiger partial charge in [-0.1, -0.05) is 24.3 Å². The summed E-state index contributed by atoms with van der Waals surface area (Å²) >= 11 is 0. The Morgan fingerprint density at radius 3 is 2.82 bits per heavy atom. The lowest BCUT2D eigenvalue weighted by Gasteiger charge is -2.40. The maximum Gasteiger partial charge on any atom is 0.406 e. The minimum absolute atomic E-state index is 0.113. The summed E-state index contributed by atoms with van der Waals surface area (Å²) in [5.41, 5.74) is 2.03. The summed E-state index contributed by atoms with van der Waals surface area (Å²) in [6.07, 6.45) is 6.34. The number of carbonyl (C=O) groups excluding carboxylic acids is 1. The van der Waals surface area contributed by atoms with Crippen LogP contribution in [0.25, 0.3) is 11.1 Å². The normalized spacial score (nSPS) is 18.9. The van der Waals surface area contributed by atoms with Gasteiger partial charge in [-0.25, -0.2) is 4.79 Å². The predicted octanol–water partition coefficient (Wildman–Crippen LogP) is 3.07. The molecule has 28 heavy (non-hydrogen) atoms. The zero-order valence-corrected chi connectivity index (χ0v) is 16.4. The summed E-state index contributed by atoms with van der Waals surface area (Å²) in [6, 6.07) is 12.0. The van der Waals surface area contributed by atoms with Crippen molar-refractivity contribution in [2.75, 3.05) is 26.7 Å². The van der Waals surface area contributed by atoms with Crippen molar-refractivity contribution in [2.45, 2.75) is 31.3 Å². The van der Waals surface area contributed by atoms with Crippen LogP contribution in [0, 0.1) is 5.92 Å². The molecule has 1 aliphatic rings. The Morgan fingerprint density at radius 1 is 1.32 bits per heavy atom. The molecule has 3 N–H and O–H groups in total. The van der Waals surface area contributed by atoms with E-state index < -0.39 is 11.7 Å². The molecule has 2 atom stereocenters. The smallest absolute Gasteiger partial charge is 0.406 e. The second kappa shape index (κ2) is 9.66. The van der Waals surface area contributed by atoms with Gasteiger partial charge in [0.1, 0.15) is 0 Å². The van der Waals surface area contributed by atoms with E-state index >= 15 is 0 Å². The Kier molecular flexibility index (Phi) is 7.01. The summed E-state index contributed by atoms with van der Waals surface area (Å²) in [7, 11) is 1.35. The average molecular weight is 383 g/mol. The first kappa shape index (κ1) is 20.3. The highest BCUT2D eigenvalue weighted by molar-refractivity contribution is 5.68. The number of carbonyl (C=O) groups is 1. The highest BCUT2D eigenvalue weighted by Crippen LogP contribution is 2.42. The van der Waals surface area contributed by atoms with Crippen LogP contribution in [-0.2, 0) is 10.3 Å². The van der Waals surface area contributed by atoms with Crippen LogP contribution in [0.1, 0.15) is 31.2 Å². The van der Waals surface area contributed by atoms with Crippen LogP contribution < -0.4 is 10.6 Å². The van der Waals surface area contributed by atoms with Gasteiger partial charge >= 0.3 is 6.09 Å². The second-order valence-corrected chi connectivity index (χ2v) is 7.27. The molecule has 2 aromatic rings. The number of aliphatic hydroxyl groups is 1. The number of ether oxygens (including phenoxy) is 1. The fraction of sp³-hybridized carbons (Fsp3) is 0.455. The number of benzene rings is 1. The van der Waals surface area contributed by atoms with E-state index in [0.717, 1.165) is 42.6 Å². The first-order chi connectivity index (χ1) is 13.6. The van der Waals surface area contributed by atoms with Gasteiger partial charge in [0.25, 0.3) is 0 Å². The fourth-order valence-electron chi connectivity index (χ4n) is 4.08. The molecular formula is C22H29N3O3. The highest BCUT2D eigenvalue weighted by atomic mass is 16.5. The number of methoxy groups -OCH3 is 1. The molecule has 2 unspecified atom stereocenters. The van der Waals surface area contributed by atoms with Gasteiger partial charge in [0.2, 0.25) is 0 Å². The van der Waals surface area contributed by atoms with Gasteiger partial charge in [0, 0.05) is 31.4 Å². The molecule has 0 spiro atoms. The van der Waals surface area contributed by atoms with Crippen LogP contribution in [0.4, 0.5) is 4.79 Å². The largest absolute Gasteiger partial charge is 0.453 e. The van der Waals surface area contributed by atoms with Crippen LogP contribution in [0.3, 0.4) is 0 Å². The zero-order valence-electron chi connectivity index (χ0n) is 16.4. The molecule has 0 aliphatic carbocycles. The molecule has 1 aromatic heterocycles. The first-order valence-electron chi connectivity index (χ1n) is 9.90. The van der Waals surface area contributed by atoms with Crippen molar-refractivity contribution in [3.8, 4) is 11.1 Å². The summed E-state index contributed by atoms with van der Waals surface area (Å²) < 4.78 is 4.63. The number of rotatable bonds is 7. The Bertz CT molecular complexity index is 763. The number of alkyl carbamates (subject to hydrolysis) is 1. The molecule has 1 amide bonds. The van der Waals surface area contributed by atoms with Gasteiger partial charge in [-0.2, -0.15) is 0 Å². The lowest BCUT2D eigenvalue weighted by Crippen LogP contribution is -2.45. The molecule has 6 nitrogen and oxygen atoms in total. The monoisotopic (exact) mass is 383 g/mol. The van der Waals surface area contributed by atoms with Crippen molar-refractivity contribution in [2.24, 2.45) is 5.92 Å². The predicted molar refractivity (Wildman–Crippen MR) is 109 cm³/mol. The van der Waals surface area contributed by atoms with Crippen molar-refractivity contribution >= 4 is 6.09 Å². The minimum Gasteiger partial charge on any atom is -0.453 e. The number of nitrogens with zero attached hydrogens (tertiary/aromatic N) is 1. The number of hydrogen-bond acceptors (Lipinski definition) is 5. The molecule has 0 radical (unpaired) electrons. The average Bonchev–Trinajstić information content (AvgIpc) is 2.77. The Labute approximate surface area is 166 Å². The van der Waals surface area contributed by atoms with Crippen molar-refractivity contribution in [3.05, 3.63) is 54.4 Å². The lowest BCUT2D eigenvalue weighted by molar-refractivity contribution is -0.0415. The third-order valence-electron chi connectivity index (χ3n) is 5.55. The van der Waals surface area contributed by atoms with Gasteiger partial charge in [-0.05, 0) is 61.1 Å². The maximum absolute atomic E-state index is 12.0. The van der Waals surface area contributed by atoms with Gasteiger partial charge < -0.3 is 20.5 Å². The number of nitrogens with one attached hydrogen (secondary N) is 2. The molecule has 0 bridgehead atoms. The van der Waals surface area contributed by atoms with E-state index in [1.165, 1.54) is 7.11 Å². The number of amides is 1. The third-order valence-corrected chi connectivity index (χ3v) is 5.55. The van der Waals surface area contributed by atoms with Crippen LogP contribution in [-0.4, -0.2) is 42.9 Å². The van der Waals surface area contributed by atoms with E-state index in [4.69, 9.17) is 0 Å². The number of hydrogen-bond donors (Lipinski definition) is 3. The number of aromatic nitrogens is 1. The van der Waals surface area contributed by atoms with Crippen LogP contribution in [0.2, 0.25) is 0 Å². The van der Waals surface area contributed by atoms with Crippen molar-refractivity contribution in [3.63, 3.8) is 0 Å². The molecule has 1 fully saturated rings.